The normalized spacial score (nSPS) is 10.7. The minimum absolute atomic E-state index is 0.508. The van der Waals surface area contributed by atoms with Crippen LogP contribution in [0.4, 0.5) is 5.82 Å². The molecule has 0 spiro atoms. The summed E-state index contributed by atoms with van der Waals surface area (Å²) in [6.45, 7) is 0.508. The van der Waals surface area contributed by atoms with Crippen LogP contribution in [0.15, 0.2) is 42.7 Å². The van der Waals surface area contributed by atoms with Crippen molar-refractivity contribution in [3.05, 3.63) is 48.3 Å². The van der Waals surface area contributed by atoms with Gasteiger partial charge in [0.1, 0.15) is 18.2 Å². The van der Waals surface area contributed by atoms with Crippen molar-refractivity contribution in [2.45, 2.75) is 6.61 Å². The van der Waals surface area contributed by atoms with Gasteiger partial charge in [0.15, 0.2) is 0 Å². The predicted octanol–water partition coefficient (Wildman–Crippen LogP) is 2.85. The Hall–Kier alpha value is -2.14. The van der Waals surface area contributed by atoms with Gasteiger partial charge in [-0.3, -0.25) is 4.98 Å². The Morgan fingerprint density at radius 2 is 2.22 bits per heavy atom. The molecule has 5 heteroatoms. The summed E-state index contributed by atoms with van der Waals surface area (Å²) in [6.07, 6.45) is 3.54. The lowest BCUT2D eigenvalue weighted by molar-refractivity contribution is 0.306. The van der Waals surface area contributed by atoms with Gasteiger partial charge in [-0.25, -0.2) is 0 Å². The summed E-state index contributed by atoms with van der Waals surface area (Å²) in [5.41, 5.74) is 6.78. The van der Waals surface area contributed by atoms with Crippen molar-refractivity contribution >= 4 is 27.4 Å². The number of nitrogen functional groups attached to an aromatic ring is 1. The number of nitrogens with zero attached hydrogens (tertiary/aromatic N) is 2. The van der Waals surface area contributed by atoms with Crippen LogP contribution in [0.3, 0.4) is 0 Å². The van der Waals surface area contributed by atoms with Crippen LogP contribution in [0, 0.1) is 0 Å². The molecule has 0 atom stereocenters. The molecule has 90 valence electrons. The summed E-state index contributed by atoms with van der Waals surface area (Å²) in [5.74, 6) is 1.39. The van der Waals surface area contributed by atoms with Gasteiger partial charge in [-0.15, -0.1) is 0 Å². The van der Waals surface area contributed by atoms with E-state index in [1.807, 2.05) is 30.3 Å². The van der Waals surface area contributed by atoms with Gasteiger partial charge >= 0.3 is 0 Å². The van der Waals surface area contributed by atoms with Crippen LogP contribution >= 0.6 is 11.5 Å². The number of nitrogens with two attached hydrogens (primary N) is 1. The van der Waals surface area contributed by atoms with Crippen molar-refractivity contribution in [2.75, 3.05) is 5.73 Å². The van der Waals surface area contributed by atoms with E-state index in [4.69, 9.17) is 10.5 Å². The Bertz CT molecular complexity index is 666. The molecule has 0 aliphatic rings. The molecule has 0 aliphatic heterocycles. The molecule has 2 N–H and O–H groups in total. The standard InChI is InChI=1S/C13H11N3OS/c14-13-11-4-3-10(6-12(11)18-16-13)17-8-9-2-1-5-15-7-9/h1-7H,8H2,(H2,14,16). The molecular weight excluding hydrogens is 246 g/mol. The Balaban J connectivity index is 1.79. The zero-order chi connectivity index (χ0) is 12.4. The minimum atomic E-state index is 0.508. The number of hydrogen-bond acceptors (Lipinski definition) is 5. The quantitative estimate of drug-likeness (QED) is 0.783. The monoisotopic (exact) mass is 257 g/mol. The number of fused-ring (bicyclic) bond motifs is 1. The highest BCUT2D eigenvalue weighted by Gasteiger charge is 2.04. The van der Waals surface area contributed by atoms with Crippen molar-refractivity contribution in [1.82, 2.24) is 9.36 Å². The molecule has 2 aromatic heterocycles. The predicted molar refractivity (Wildman–Crippen MR) is 72.6 cm³/mol. The molecular formula is C13H11N3OS. The van der Waals surface area contributed by atoms with Crippen LogP contribution in [0.5, 0.6) is 5.75 Å². The molecule has 0 saturated carbocycles. The van der Waals surface area contributed by atoms with Crippen LogP contribution in [0.2, 0.25) is 0 Å². The largest absolute Gasteiger partial charge is 0.489 e. The summed E-state index contributed by atoms with van der Waals surface area (Å²) >= 11 is 1.38. The van der Waals surface area contributed by atoms with Crippen molar-refractivity contribution in [2.24, 2.45) is 0 Å². The third-order valence-electron chi connectivity index (χ3n) is 2.60. The average molecular weight is 257 g/mol. The fourth-order valence-electron chi connectivity index (χ4n) is 1.68. The van der Waals surface area contributed by atoms with Crippen LogP contribution in [0.25, 0.3) is 10.1 Å². The van der Waals surface area contributed by atoms with Gasteiger partial charge in [-0.05, 0) is 35.8 Å². The van der Waals surface area contributed by atoms with E-state index < -0.39 is 0 Å². The summed E-state index contributed by atoms with van der Waals surface area (Å²) in [6, 6.07) is 9.68. The van der Waals surface area contributed by atoms with E-state index in [0.29, 0.717) is 12.4 Å². The van der Waals surface area contributed by atoms with Gasteiger partial charge < -0.3 is 10.5 Å². The first kappa shape index (κ1) is 11.0. The van der Waals surface area contributed by atoms with Gasteiger partial charge in [0.2, 0.25) is 0 Å². The van der Waals surface area contributed by atoms with Crippen molar-refractivity contribution in [3.63, 3.8) is 0 Å². The van der Waals surface area contributed by atoms with E-state index in [1.165, 1.54) is 11.5 Å². The smallest absolute Gasteiger partial charge is 0.144 e. The van der Waals surface area contributed by atoms with Gasteiger partial charge in [-0.2, -0.15) is 4.37 Å². The van der Waals surface area contributed by atoms with E-state index in [2.05, 4.69) is 9.36 Å². The number of rotatable bonds is 3. The van der Waals surface area contributed by atoms with Crippen LogP contribution < -0.4 is 10.5 Å². The molecule has 1 aromatic carbocycles. The van der Waals surface area contributed by atoms with Gasteiger partial charge in [0.05, 0.1) is 4.70 Å². The lowest BCUT2D eigenvalue weighted by atomic mass is 10.2. The second-order valence-electron chi connectivity index (χ2n) is 3.88. The van der Waals surface area contributed by atoms with Crippen molar-refractivity contribution < 1.29 is 4.74 Å². The number of pyridine rings is 1. The molecule has 3 aromatic rings. The third-order valence-corrected chi connectivity index (χ3v) is 3.42. The molecule has 18 heavy (non-hydrogen) atoms. The number of ether oxygens (including phenoxy) is 1. The minimum Gasteiger partial charge on any atom is -0.489 e. The van der Waals surface area contributed by atoms with Crippen molar-refractivity contribution in [1.29, 1.82) is 0 Å². The zero-order valence-electron chi connectivity index (χ0n) is 9.54. The Morgan fingerprint density at radius 3 is 3.06 bits per heavy atom. The molecule has 3 rings (SSSR count). The van der Waals surface area contributed by atoms with E-state index in [9.17, 15) is 0 Å². The first-order valence-electron chi connectivity index (χ1n) is 5.49. The van der Waals surface area contributed by atoms with E-state index in [0.717, 1.165) is 21.4 Å². The number of hydrogen-bond donors (Lipinski definition) is 1. The first-order valence-corrected chi connectivity index (χ1v) is 6.27. The summed E-state index contributed by atoms with van der Waals surface area (Å²) in [7, 11) is 0. The van der Waals surface area contributed by atoms with E-state index in [-0.39, 0.29) is 0 Å². The zero-order valence-corrected chi connectivity index (χ0v) is 10.4. The molecule has 0 saturated heterocycles. The maximum Gasteiger partial charge on any atom is 0.144 e. The molecule has 0 amide bonds. The topological polar surface area (TPSA) is 61.0 Å². The second-order valence-corrected chi connectivity index (χ2v) is 4.68. The lowest BCUT2D eigenvalue weighted by Gasteiger charge is -2.05. The maximum absolute atomic E-state index is 5.74. The highest BCUT2D eigenvalue weighted by Crippen LogP contribution is 2.28. The molecule has 4 nitrogen and oxygen atoms in total. The Labute approximate surface area is 108 Å². The van der Waals surface area contributed by atoms with Crippen molar-refractivity contribution in [3.8, 4) is 5.75 Å². The SMILES string of the molecule is Nc1nsc2cc(OCc3cccnc3)ccc12. The molecule has 0 bridgehead atoms. The third kappa shape index (κ3) is 2.12. The lowest BCUT2D eigenvalue weighted by Crippen LogP contribution is -1.95. The van der Waals surface area contributed by atoms with Gasteiger partial charge in [-0.1, -0.05) is 6.07 Å². The second kappa shape index (κ2) is 4.62. The van der Waals surface area contributed by atoms with E-state index >= 15 is 0 Å². The Kier molecular flexibility index (Phi) is 2.82. The molecule has 0 aliphatic carbocycles. The average Bonchev–Trinajstić information content (AvgIpc) is 2.79. The molecule has 0 fully saturated rings. The number of aromatic nitrogens is 2. The fraction of sp³-hybridized carbons (Fsp3) is 0.0769. The summed E-state index contributed by atoms with van der Waals surface area (Å²) in [4.78, 5) is 4.05. The van der Waals surface area contributed by atoms with Gasteiger partial charge in [0, 0.05) is 23.3 Å². The molecule has 0 unspecified atom stereocenters. The maximum atomic E-state index is 5.74. The van der Waals surface area contributed by atoms with Crippen LogP contribution in [-0.4, -0.2) is 9.36 Å². The fourth-order valence-corrected chi connectivity index (χ4v) is 2.41. The highest BCUT2D eigenvalue weighted by atomic mass is 32.1. The van der Waals surface area contributed by atoms with Crippen LogP contribution in [0.1, 0.15) is 5.56 Å². The summed E-state index contributed by atoms with van der Waals surface area (Å²) in [5, 5.41) is 0.980. The Morgan fingerprint density at radius 1 is 1.28 bits per heavy atom. The van der Waals surface area contributed by atoms with E-state index in [1.54, 1.807) is 12.4 Å². The van der Waals surface area contributed by atoms with Gasteiger partial charge in [0.25, 0.3) is 0 Å². The highest BCUT2D eigenvalue weighted by molar-refractivity contribution is 7.13. The summed E-state index contributed by atoms with van der Waals surface area (Å²) < 4.78 is 10.9. The first-order chi connectivity index (χ1) is 8.83. The van der Waals surface area contributed by atoms with Crippen LogP contribution in [-0.2, 0) is 6.61 Å². The molecule has 2 heterocycles. The number of benzene rings is 1. The molecule has 0 radical (unpaired) electrons. The number of anilines is 1.